The molecule has 2 rings (SSSR count). The van der Waals surface area contributed by atoms with Crippen LogP contribution < -0.4 is 10.5 Å². The van der Waals surface area contributed by atoms with Gasteiger partial charge in [0.15, 0.2) is 0 Å². The molecule has 0 amide bonds. The molecule has 1 atom stereocenters. The maximum atomic E-state index is 13.0. The summed E-state index contributed by atoms with van der Waals surface area (Å²) in [6, 6.07) is 6.54. The van der Waals surface area contributed by atoms with Crippen molar-refractivity contribution in [3.63, 3.8) is 0 Å². The van der Waals surface area contributed by atoms with Crippen molar-refractivity contribution in [1.82, 2.24) is 4.90 Å². The van der Waals surface area contributed by atoms with Gasteiger partial charge in [0, 0.05) is 25.2 Å². The quantitative estimate of drug-likeness (QED) is 0.929. The van der Waals surface area contributed by atoms with Crippen LogP contribution >= 0.6 is 12.4 Å². The second kappa shape index (κ2) is 7.25. The molecular weight excluding hydrogens is 279 g/mol. The van der Waals surface area contributed by atoms with Crippen LogP contribution in [0.5, 0.6) is 5.75 Å². The fraction of sp³-hybridized carbons (Fsp3) is 0.600. The Balaban J connectivity index is 0.00000200. The predicted molar refractivity (Wildman–Crippen MR) is 82.0 cm³/mol. The van der Waals surface area contributed by atoms with Crippen molar-refractivity contribution in [3.8, 4) is 5.75 Å². The number of piperidine rings is 1. The van der Waals surface area contributed by atoms with E-state index in [1.165, 1.54) is 12.1 Å². The van der Waals surface area contributed by atoms with Crippen molar-refractivity contribution in [2.75, 3.05) is 26.2 Å². The highest BCUT2D eigenvalue weighted by molar-refractivity contribution is 5.85. The van der Waals surface area contributed by atoms with Gasteiger partial charge in [-0.1, -0.05) is 19.9 Å². The van der Waals surface area contributed by atoms with Crippen molar-refractivity contribution in [2.45, 2.75) is 26.3 Å². The molecule has 2 N–H and O–H groups in total. The largest absolute Gasteiger partial charge is 0.492 e. The van der Waals surface area contributed by atoms with Gasteiger partial charge in [0.25, 0.3) is 0 Å². The fourth-order valence-electron chi connectivity index (χ4n) is 2.53. The van der Waals surface area contributed by atoms with Gasteiger partial charge in [0.1, 0.15) is 18.2 Å². The lowest BCUT2D eigenvalue weighted by Gasteiger charge is -2.42. The number of rotatable bonds is 4. The van der Waals surface area contributed by atoms with Crippen molar-refractivity contribution in [2.24, 2.45) is 11.1 Å². The highest BCUT2D eigenvalue weighted by Gasteiger charge is 2.32. The summed E-state index contributed by atoms with van der Waals surface area (Å²) in [7, 11) is 0. The first-order valence-electron chi connectivity index (χ1n) is 6.84. The third kappa shape index (κ3) is 4.62. The summed E-state index contributed by atoms with van der Waals surface area (Å²) in [4.78, 5) is 2.36. The van der Waals surface area contributed by atoms with Crippen molar-refractivity contribution < 1.29 is 9.13 Å². The van der Waals surface area contributed by atoms with E-state index in [1.54, 1.807) is 12.1 Å². The number of ether oxygens (including phenoxy) is 1. The number of hydrogen-bond acceptors (Lipinski definition) is 3. The maximum Gasteiger partial charge on any atom is 0.126 e. The molecule has 0 bridgehead atoms. The van der Waals surface area contributed by atoms with Gasteiger partial charge in [-0.2, -0.15) is 0 Å². The first kappa shape index (κ1) is 17.2. The van der Waals surface area contributed by atoms with Crippen LogP contribution in [0.4, 0.5) is 4.39 Å². The molecule has 1 heterocycles. The van der Waals surface area contributed by atoms with Crippen LogP contribution in [0, 0.1) is 11.2 Å². The van der Waals surface area contributed by atoms with E-state index in [0.717, 1.165) is 26.1 Å². The Kier molecular flexibility index (Phi) is 6.24. The molecule has 0 radical (unpaired) electrons. The third-order valence-corrected chi connectivity index (χ3v) is 3.86. The number of nitrogens with two attached hydrogens (primary N) is 1. The second-order valence-electron chi connectivity index (χ2n) is 5.97. The van der Waals surface area contributed by atoms with Gasteiger partial charge in [-0.15, -0.1) is 12.4 Å². The molecule has 0 aromatic heterocycles. The third-order valence-electron chi connectivity index (χ3n) is 3.86. The zero-order valence-electron chi connectivity index (χ0n) is 12.1. The Bertz CT molecular complexity index is 428. The Morgan fingerprint density at radius 1 is 1.45 bits per heavy atom. The van der Waals surface area contributed by atoms with Crippen molar-refractivity contribution >= 4 is 12.4 Å². The Morgan fingerprint density at radius 2 is 2.20 bits per heavy atom. The molecule has 114 valence electrons. The van der Waals surface area contributed by atoms with Crippen molar-refractivity contribution in [3.05, 3.63) is 30.1 Å². The molecule has 5 heteroatoms. The van der Waals surface area contributed by atoms with Gasteiger partial charge in [-0.3, -0.25) is 4.90 Å². The zero-order valence-corrected chi connectivity index (χ0v) is 13.0. The lowest BCUT2D eigenvalue weighted by Crippen LogP contribution is -2.53. The van der Waals surface area contributed by atoms with E-state index >= 15 is 0 Å². The minimum atomic E-state index is -0.262. The first-order chi connectivity index (χ1) is 8.97. The molecule has 1 saturated heterocycles. The number of hydrogen-bond donors (Lipinski definition) is 1. The van der Waals surface area contributed by atoms with Gasteiger partial charge < -0.3 is 10.5 Å². The van der Waals surface area contributed by atoms with Gasteiger partial charge in [-0.25, -0.2) is 4.39 Å². The number of likely N-dealkylation sites (tertiary alicyclic amines) is 1. The minimum Gasteiger partial charge on any atom is -0.492 e. The van der Waals surface area contributed by atoms with E-state index in [0.29, 0.717) is 12.4 Å². The monoisotopic (exact) mass is 302 g/mol. The van der Waals surface area contributed by atoms with Gasteiger partial charge in [-0.05, 0) is 30.5 Å². The van der Waals surface area contributed by atoms with E-state index in [2.05, 4.69) is 18.7 Å². The normalized spacial score (nSPS) is 22.1. The number of halogens is 2. The second-order valence-corrected chi connectivity index (χ2v) is 5.97. The average molecular weight is 303 g/mol. The lowest BCUT2D eigenvalue weighted by atomic mass is 9.80. The number of benzene rings is 1. The molecule has 20 heavy (non-hydrogen) atoms. The molecule has 3 nitrogen and oxygen atoms in total. The summed E-state index contributed by atoms with van der Waals surface area (Å²) in [5.41, 5.74) is 6.26. The molecule has 0 spiro atoms. The first-order valence-corrected chi connectivity index (χ1v) is 6.84. The van der Waals surface area contributed by atoms with Crippen LogP contribution in [0.3, 0.4) is 0 Å². The molecule has 1 aromatic carbocycles. The molecular formula is C15H24ClFN2O. The minimum absolute atomic E-state index is 0. The lowest BCUT2D eigenvalue weighted by molar-refractivity contribution is 0.0831. The SMILES string of the molecule is CC1(C)CN(CCOc2cccc(F)c2)CCC1N.Cl. The summed E-state index contributed by atoms with van der Waals surface area (Å²) < 4.78 is 18.6. The zero-order chi connectivity index (χ0) is 13.9. The van der Waals surface area contributed by atoms with Gasteiger partial charge in [0.05, 0.1) is 0 Å². The topological polar surface area (TPSA) is 38.5 Å². The van der Waals surface area contributed by atoms with E-state index in [-0.39, 0.29) is 29.7 Å². The van der Waals surface area contributed by atoms with Crippen LogP contribution in [-0.4, -0.2) is 37.2 Å². The Labute approximate surface area is 126 Å². The summed E-state index contributed by atoms with van der Waals surface area (Å²) in [6.07, 6.45) is 1.02. The summed E-state index contributed by atoms with van der Waals surface area (Å²) in [6.45, 7) is 7.84. The van der Waals surface area contributed by atoms with E-state index in [9.17, 15) is 4.39 Å². The molecule has 0 aliphatic carbocycles. The predicted octanol–water partition coefficient (Wildman–Crippen LogP) is 2.69. The van der Waals surface area contributed by atoms with Crippen LogP contribution in [0.15, 0.2) is 24.3 Å². The maximum absolute atomic E-state index is 13.0. The fourth-order valence-corrected chi connectivity index (χ4v) is 2.53. The summed E-state index contributed by atoms with van der Waals surface area (Å²) >= 11 is 0. The highest BCUT2D eigenvalue weighted by Crippen LogP contribution is 2.27. The summed E-state index contributed by atoms with van der Waals surface area (Å²) in [5.74, 6) is 0.329. The van der Waals surface area contributed by atoms with Crippen molar-refractivity contribution in [1.29, 1.82) is 0 Å². The van der Waals surface area contributed by atoms with Gasteiger partial charge >= 0.3 is 0 Å². The molecule has 1 fully saturated rings. The van der Waals surface area contributed by atoms with Crippen LogP contribution in [-0.2, 0) is 0 Å². The Hall–Kier alpha value is -0.840. The molecule has 1 aliphatic rings. The van der Waals surface area contributed by atoms with Crippen LogP contribution in [0.2, 0.25) is 0 Å². The average Bonchev–Trinajstić information content (AvgIpc) is 2.33. The standard InChI is InChI=1S/C15H23FN2O.ClH/c1-15(2)11-18(7-6-14(15)17)8-9-19-13-5-3-4-12(16)10-13;/h3-5,10,14H,6-9,11,17H2,1-2H3;1H. The Morgan fingerprint density at radius 3 is 2.85 bits per heavy atom. The highest BCUT2D eigenvalue weighted by atomic mass is 35.5. The number of nitrogens with zero attached hydrogens (tertiary/aromatic N) is 1. The molecule has 1 aliphatic heterocycles. The van der Waals surface area contributed by atoms with Gasteiger partial charge in [0.2, 0.25) is 0 Å². The molecule has 1 unspecified atom stereocenters. The van der Waals surface area contributed by atoms with E-state index in [4.69, 9.17) is 10.5 Å². The molecule has 1 aromatic rings. The van der Waals surface area contributed by atoms with E-state index in [1.807, 2.05) is 0 Å². The summed E-state index contributed by atoms with van der Waals surface area (Å²) in [5, 5.41) is 0. The van der Waals surface area contributed by atoms with Crippen LogP contribution in [0.1, 0.15) is 20.3 Å². The van der Waals surface area contributed by atoms with Crippen LogP contribution in [0.25, 0.3) is 0 Å². The smallest absolute Gasteiger partial charge is 0.126 e. The molecule has 0 saturated carbocycles. The van der Waals surface area contributed by atoms with E-state index < -0.39 is 0 Å².